The van der Waals surface area contributed by atoms with Crippen molar-refractivity contribution < 1.29 is 14.7 Å². The van der Waals surface area contributed by atoms with Crippen LogP contribution in [0.3, 0.4) is 0 Å². The van der Waals surface area contributed by atoms with Crippen LogP contribution in [0, 0.1) is 0 Å². The van der Waals surface area contributed by atoms with E-state index in [4.69, 9.17) is 5.11 Å². The Kier molecular flexibility index (Phi) is 5.19. The Morgan fingerprint density at radius 3 is 2.71 bits per heavy atom. The van der Waals surface area contributed by atoms with Crippen LogP contribution < -0.4 is 5.32 Å². The molecule has 1 aromatic heterocycles. The zero-order valence-electron chi connectivity index (χ0n) is 11.2. The normalized spacial score (nSPS) is 10.7. The number of amides is 1. The Hall–Kier alpha value is -2.05. The summed E-state index contributed by atoms with van der Waals surface area (Å²) in [4.78, 5) is 24.9. The zero-order valence-corrected chi connectivity index (χ0v) is 12.8. The Labute approximate surface area is 130 Å². The van der Waals surface area contributed by atoms with E-state index < -0.39 is 5.97 Å². The molecule has 0 aliphatic carbocycles. The smallest absolute Gasteiger partial charge is 0.328 e. The minimum Gasteiger partial charge on any atom is -0.478 e. The number of nitrogens with one attached hydrogen (secondary N) is 1. The van der Waals surface area contributed by atoms with Crippen LogP contribution in [0.5, 0.6) is 0 Å². The lowest BCUT2D eigenvalue weighted by Gasteiger charge is -2.07. The van der Waals surface area contributed by atoms with Crippen molar-refractivity contribution in [2.75, 3.05) is 11.6 Å². The third-order valence-corrected chi connectivity index (χ3v) is 4.44. The zero-order chi connectivity index (χ0) is 15.2. The van der Waals surface area contributed by atoms with Crippen LogP contribution in [0.4, 0.5) is 5.69 Å². The molecule has 0 saturated heterocycles. The van der Waals surface area contributed by atoms with E-state index in [0.717, 1.165) is 21.5 Å². The van der Waals surface area contributed by atoms with Crippen molar-refractivity contribution in [2.24, 2.45) is 0 Å². The molecule has 0 unspecified atom stereocenters. The molecule has 4 nitrogen and oxygen atoms in total. The SMILES string of the molecule is CSc1ccccc1NC(=O)c1ccc(/C=C/C(=O)O)s1. The van der Waals surface area contributed by atoms with Crippen molar-refractivity contribution in [3.05, 3.63) is 52.2 Å². The van der Waals surface area contributed by atoms with E-state index in [0.29, 0.717) is 4.88 Å². The number of carboxylic acids is 1. The first-order valence-electron chi connectivity index (χ1n) is 6.05. The van der Waals surface area contributed by atoms with Crippen molar-refractivity contribution in [3.8, 4) is 0 Å². The average Bonchev–Trinajstić information content (AvgIpc) is 2.94. The summed E-state index contributed by atoms with van der Waals surface area (Å²) in [5.41, 5.74) is 0.769. The van der Waals surface area contributed by atoms with Gasteiger partial charge in [-0.25, -0.2) is 4.79 Å². The third-order valence-electron chi connectivity index (χ3n) is 2.60. The number of thioether (sulfide) groups is 1. The summed E-state index contributed by atoms with van der Waals surface area (Å²) >= 11 is 2.81. The lowest BCUT2D eigenvalue weighted by atomic mass is 10.3. The number of carbonyl (C=O) groups is 2. The maximum atomic E-state index is 12.2. The lowest BCUT2D eigenvalue weighted by molar-refractivity contribution is -0.131. The summed E-state index contributed by atoms with van der Waals surface area (Å²) in [5.74, 6) is -1.21. The standard InChI is InChI=1S/C15H13NO3S2/c1-20-12-5-3-2-4-11(12)16-15(19)13-8-6-10(21-13)7-9-14(17)18/h2-9H,1H3,(H,16,19)(H,17,18)/b9-7+. The average molecular weight is 319 g/mol. The predicted molar refractivity (Wildman–Crippen MR) is 87.2 cm³/mol. The highest BCUT2D eigenvalue weighted by atomic mass is 32.2. The maximum Gasteiger partial charge on any atom is 0.328 e. The van der Waals surface area contributed by atoms with Crippen LogP contribution in [0.1, 0.15) is 14.5 Å². The largest absolute Gasteiger partial charge is 0.478 e. The van der Waals surface area contributed by atoms with E-state index in [2.05, 4.69) is 5.32 Å². The highest BCUT2D eigenvalue weighted by Gasteiger charge is 2.10. The first-order chi connectivity index (χ1) is 10.1. The van der Waals surface area contributed by atoms with Gasteiger partial charge < -0.3 is 10.4 Å². The first-order valence-corrected chi connectivity index (χ1v) is 8.09. The predicted octanol–water partition coefficient (Wildman–Crippen LogP) is 3.82. The molecular weight excluding hydrogens is 306 g/mol. The second kappa shape index (κ2) is 7.10. The number of hydrogen-bond donors (Lipinski definition) is 2. The van der Waals surface area contributed by atoms with E-state index in [1.165, 1.54) is 17.4 Å². The molecule has 0 radical (unpaired) electrons. The number of hydrogen-bond acceptors (Lipinski definition) is 4. The number of rotatable bonds is 5. The number of carbonyl (C=O) groups excluding carboxylic acids is 1. The number of thiophene rings is 1. The molecule has 2 rings (SSSR count). The summed E-state index contributed by atoms with van der Waals surface area (Å²) in [6.45, 7) is 0. The van der Waals surface area contributed by atoms with Crippen LogP contribution in [0.2, 0.25) is 0 Å². The van der Waals surface area contributed by atoms with Gasteiger partial charge in [0.1, 0.15) is 0 Å². The number of para-hydroxylation sites is 1. The molecule has 0 aliphatic heterocycles. The quantitative estimate of drug-likeness (QED) is 0.649. The van der Waals surface area contributed by atoms with Gasteiger partial charge in [0, 0.05) is 15.8 Å². The fraction of sp³-hybridized carbons (Fsp3) is 0.0667. The van der Waals surface area contributed by atoms with Crippen LogP contribution in [0.15, 0.2) is 47.4 Å². The third kappa shape index (κ3) is 4.21. The fourth-order valence-corrected chi connectivity index (χ4v) is 3.01. The van der Waals surface area contributed by atoms with Gasteiger partial charge >= 0.3 is 5.97 Å². The van der Waals surface area contributed by atoms with Gasteiger partial charge in [-0.3, -0.25) is 4.79 Å². The molecule has 0 spiro atoms. The molecule has 2 aromatic rings. The molecule has 1 aromatic carbocycles. The number of aliphatic carboxylic acids is 1. The minimum absolute atomic E-state index is 0.198. The van der Waals surface area contributed by atoms with Crippen LogP contribution in [-0.4, -0.2) is 23.2 Å². The van der Waals surface area contributed by atoms with Gasteiger partial charge in [0.15, 0.2) is 0 Å². The Bertz CT molecular complexity index is 692. The topological polar surface area (TPSA) is 66.4 Å². The Morgan fingerprint density at radius 2 is 2.00 bits per heavy atom. The van der Waals surface area contributed by atoms with E-state index >= 15 is 0 Å². The van der Waals surface area contributed by atoms with Crippen molar-refractivity contribution in [2.45, 2.75) is 4.90 Å². The van der Waals surface area contributed by atoms with Crippen molar-refractivity contribution in [3.63, 3.8) is 0 Å². The summed E-state index contributed by atoms with van der Waals surface area (Å²) in [6, 6.07) is 11.0. The van der Waals surface area contributed by atoms with Gasteiger partial charge in [-0.15, -0.1) is 23.1 Å². The minimum atomic E-state index is -1.01. The highest BCUT2D eigenvalue weighted by molar-refractivity contribution is 7.98. The molecule has 6 heteroatoms. The molecule has 1 heterocycles. The van der Waals surface area contributed by atoms with Gasteiger partial charge in [-0.2, -0.15) is 0 Å². The van der Waals surface area contributed by atoms with Gasteiger partial charge in [-0.05, 0) is 36.6 Å². The molecule has 0 saturated carbocycles. The fourth-order valence-electron chi connectivity index (χ4n) is 1.65. The number of anilines is 1. The van der Waals surface area contributed by atoms with Crippen molar-refractivity contribution in [1.29, 1.82) is 0 Å². The molecule has 0 fully saturated rings. The van der Waals surface area contributed by atoms with Crippen molar-refractivity contribution >= 4 is 46.7 Å². The Balaban J connectivity index is 2.12. The Morgan fingerprint density at radius 1 is 1.24 bits per heavy atom. The number of carboxylic acid groups (broad SMARTS) is 1. The summed E-state index contributed by atoms with van der Waals surface area (Å²) in [5, 5.41) is 11.4. The van der Waals surface area contributed by atoms with Gasteiger partial charge in [0.25, 0.3) is 5.91 Å². The molecule has 21 heavy (non-hydrogen) atoms. The lowest BCUT2D eigenvalue weighted by Crippen LogP contribution is -2.10. The molecule has 0 aliphatic rings. The molecule has 0 bridgehead atoms. The van der Waals surface area contributed by atoms with E-state index in [-0.39, 0.29) is 5.91 Å². The first kappa shape index (κ1) is 15.3. The van der Waals surface area contributed by atoms with Crippen molar-refractivity contribution in [1.82, 2.24) is 0 Å². The van der Waals surface area contributed by atoms with E-state index in [9.17, 15) is 9.59 Å². The van der Waals surface area contributed by atoms with Crippen LogP contribution in [0.25, 0.3) is 6.08 Å². The van der Waals surface area contributed by atoms with Gasteiger partial charge in [0.2, 0.25) is 0 Å². The van der Waals surface area contributed by atoms with Gasteiger partial charge in [0.05, 0.1) is 10.6 Å². The number of benzene rings is 1. The monoisotopic (exact) mass is 319 g/mol. The van der Waals surface area contributed by atoms with Gasteiger partial charge in [-0.1, -0.05) is 12.1 Å². The second-order valence-electron chi connectivity index (χ2n) is 4.03. The van der Waals surface area contributed by atoms with Crippen LogP contribution >= 0.6 is 23.1 Å². The molecule has 108 valence electrons. The summed E-state index contributed by atoms with van der Waals surface area (Å²) in [7, 11) is 0. The molecule has 1 amide bonds. The highest BCUT2D eigenvalue weighted by Crippen LogP contribution is 2.26. The van der Waals surface area contributed by atoms with E-state index in [1.54, 1.807) is 23.9 Å². The second-order valence-corrected chi connectivity index (χ2v) is 5.99. The maximum absolute atomic E-state index is 12.2. The van der Waals surface area contributed by atoms with Crippen LogP contribution in [-0.2, 0) is 4.79 Å². The molecular formula is C15H13NO3S2. The summed E-state index contributed by atoms with van der Waals surface area (Å²) in [6.07, 6.45) is 4.47. The van der Waals surface area contributed by atoms with E-state index in [1.807, 2.05) is 30.5 Å². The molecule has 2 N–H and O–H groups in total. The summed E-state index contributed by atoms with van der Waals surface area (Å²) < 4.78 is 0. The molecule has 0 atom stereocenters.